The van der Waals surface area contributed by atoms with Gasteiger partial charge in [-0.15, -0.1) is 0 Å². The number of alkyl carbamates (subject to hydrolysis) is 1. The molecule has 0 saturated heterocycles. The predicted octanol–water partition coefficient (Wildman–Crippen LogP) is 5.06. The Morgan fingerprint density at radius 3 is 2.17 bits per heavy atom. The first-order chi connectivity index (χ1) is 16.8. The molecule has 2 N–H and O–H groups in total. The SMILES string of the molecule is Cc1ccc(C(C(=O)NCc2ccccc2)N(C)C(=O)C(CC(C)C)NC(=O)OC(C)(C)C)cc1C. The van der Waals surface area contributed by atoms with Crippen LogP contribution in [-0.2, 0) is 20.9 Å². The number of likely N-dealkylation sites (N-methyl/N-ethyl adjacent to an activating group) is 1. The molecule has 2 unspecified atom stereocenters. The second kappa shape index (κ2) is 12.6. The minimum absolute atomic E-state index is 0.134. The third-order valence-electron chi connectivity index (χ3n) is 5.84. The monoisotopic (exact) mass is 495 g/mol. The van der Waals surface area contributed by atoms with Crippen LogP contribution in [0.25, 0.3) is 0 Å². The third kappa shape index (κ3) is 8.70. The van der Waals surface area contributed by atoms with Gasteiger partial charge >= 0.3 is 6.09 Å². The quantitative estimate of drug-likeness (QED) is 0.509. The maximum atomic E-state index is 13.7. The average molecular weight is 496 g/mol. The highest BCUT2D eigenvalue weighted by Crippen LogP contribution is 2.24. The smallest absolute Gasteiger partial charge is 0.408 e. The van der Waals surface area contributed by atoms with Crippen molar-refractivity contribution >= 4 is 17.9 Å². The van der Waals surface area contributed by atoms with Crippen LogP contribution in [0.4, 0.5) is 4.79 Å². The summed E-state index contributed by atoms with van der Waals surface area (Å²) in [5.74, 6) is -0.513. The number of amides is 3. The molecule has 2 atom stereocenters. The second-order valence-electron chi connectivity index (χ2n) is 10.7. The lowest BCUT2D eigenvalue weighted by Gasteiger charge is -2.32. The lowest BCUT2D eigenvalue weighted by Crippen LogP contribution is -2.52. The van der Waals surface area contributed by atoms with E-state index in [0.717, 1.165) is 16.7 Å². The fourth-order valence-electron chi connectivity index (χ4n) is 3.88. The van der Waals surface area contributed by atoms with E-state index < -0.39 is 23.8 Å². The Bertz CT molecular complexity index is 1040. The fourth-order valence-corrected chi connectivity index (χ4v) is 3.88. The van der Waals surface area contributed by atoms with E-state index in [-0.39, 0.29) is 17.7 Å². The number of nitrogens with one attached hydrogen (secondary N) is 2. The van der Waals surface area contributed by atoms with Crippen LogP contribution in [0, 0.1) is 19.8 Å². The standard InChI is InChI=1S/C29H41N3O4/c1-19(2)16-24(31-28(35)36-29(5,6)7)27(34)32(8)25(23-15-14-20(3)21(4)17-23)26(33)30-18-22-12-10-9-11-13-22/h9-15,17,19,24-25H,16,18H2,1-8H3,(H,30,33)(H,31,35). The largest absolute Gasteiger partial charge is 0.444 e. The van der Waals surface area contributed by atoms with Crippen LogP contribution < -0.4 is 10.6 Å². The fraction of sp³-hybridized carbons (Fsp3) is 0.483. The number of carbonyl (C=O) groups is 3. The number of hydrogen-bond acceptors (Lipinski definition) is 4. The maximum Gasteiger partial charge on any atom is 0.408 e. The van der Waals surface area contributed by atoms with E-state index >= 15 is 0 Å². The molecule has 0 bridgehead atoms. The number of aryl methyl sites for hydroxylation is 2. The molecule has 0 aliphatic rings. The Hall–Kier alpha value is -3.35. The van der Waals surface area contributed by atoms with Gasteiger partial charge in [-0.3, -0.25) is 9.59 Å². The zero-order valence-electron chi connectivity index (χ0n) is 22.8. The third-order valence-corrected chi connectivity index (χ3v) is 5.84. The van der Waals surface area contributed by atoms with Crippen molar-refractivity contribution in [3.8, 4) is 0 Å². The summed E-state index contributed by atoms with van der Waals surface area (Å²) >= 11 is 0. The topological polar surface area (TPSA) is 87.7 Å². The van der Waals surface area contributed by atoms with E-state index in [1.54, 1.807) is 27.8 Å². The number of hydrogen-bond donors (Lipinski definition) is 2. The molecular weight excluding hydrogens is 454 g/mol. The van der Waals surface area contributed by atoms with Gasteiger partial charge in [0.2, 0.25) is 11.8 Å². The normalized spacial score (nSPS) is 13.0. The van der Waals surface area contributed by atoms with Crippen molar-refractivity contribution in [2.24, 2.45) is 5.92 Å². The molecule has 0 fully saturated rings. The van der Waals surface area contributed by atoms with Crippen LogP contribution in [0.2, 0.25) is 0 Å². The van der Waals surface area contributed by atoms with Crippen LogP contribution in [0.1, 0.15) is 69.3 Å². The summed E-state index contributed by atoms with van der Waals surface area (Å²) < 4.78 is 5.39. The van der Waals surface area contributed by atoms with Gasteiger partial charge in [0.25, 0.3) is 0 Å². The van der Waals surface area contributed by atoms with Crippen LogP contribution in [0.3, 0.4) is 0 Å². The summed E-state index contributed by atoms with van der Waals surface area (Å²) in [5, 5.41) is 5.70. The first kappa shape index (κ1) is 28.9. The van der Waals surface area contributed by atoms with Crippen molar-refractivity contribution in [3.63, 3.8) is 0 Å². The van der Waals surface area contributed by atoms with Gasteiger partial charge in [0.15, 0.2) is 0 Å². The molecule has 0 aromatic heterocycles. The van der Waals surface area contributed by atoms with Gasteiger partial charge in [0, 0.05) is 13.6 Å². The van der Waals surface area contributed by atoms with E-state index in [1.807, 2.05) is 76.2 Å². The van der Waals surface area contributed by atoms with Crippen molar-refractivity contribution in [1.82, 2.24) is 15.5 Å². The highest BCUT2D eigenvalue weighted by Gasteiger charge is 2.34. The molecular formula is C29H41N3O4. The minimum atomic E-state index is -0.865. The Balaban J connectivity index is 2.34. The van der Waals surface area contributed by atoms with Gasteiger partial charge in [-0.2, -0.15) is 0 Å². The first-order valence-electron chi connectivity index (χ1n) is 12.4. The highest BCUT2D eigenvalue weighted by molar-refractivity contribution is 5.92. The van der Waals surface area contributed by atoms with Crippen molar-refractivity contribution in [3.05, 3.63) is 70.8 Å². The molecule has 0 heterocycles. The molecule has 0 spiro atoms. The molecule has 0 aliphatic carbocycles. The Morgan fingerprint density at radius 1 is 0.972 bits per heavy atom. The zero-order chi connectivity index (χ0) is 27.0. The molecule has 3 amide bonds. The summed E-state index contributed by atoms with van der Waals surface area (Å²) in [4.78, 5) is 41.1. The van der Waals surface area contributed by atoms with Gasteiger partial charge < -0.3 is 20.3 Å². The van der Waals surface area contributed by atoms with Gasteiger partial charge in [-0.25, -0.2) is 4.79 Å². The molecule has 36 heavy (non-hydrogen) atoms. The highest BCUT2D eigenvalue weighted by atomic mass is 16.6. The van der Waals surface area contributed by atoms with E-state index in [1.165, 1.54) is 4.90 Å². The van der Waals surface area contributed by atoms with Crippen LogP contribution in [0.5, 0.6) is 0 Å². The summed E-state index contributed by atoms with van der Waals surface area (Å²) in [6, 6.07) is 13.7. The van der Waals surface area contributed by atoms with Gasteiger partial charge in [-0.1, -0.05) is 62.4 Å². The van der Waals surface area contributed by atoms with Gasteiger partial charge in [0.05, 0.1) is 0 Å². The van der Waals surface area contributed by atoms with Crippen LogP contribution in [0.15, 0.2) is 48.5 Å². The molecule has 196 valence electrons. The van der Waals surface area contributed by atoms with E-state index in [9.17, 15) is 14.4 Å². The second-order valence-corrected chi connectivity index (χ2v) is 10.7. The molecule has 2 aromatic rings. The lowest BCUT2D eigenvalue weighted by atomic mass is 9.97. The molecule has 2 rings (SSSR count). The Kier molecular flexibility index (Phi) is 10.1. The summed E-state index contributed by atoms with van der Waals surface area (Å²) in [5.41, 5.74) is 3.10. The number of benzene rings is 2. The van der Waals surface area contributed by atoms with Crippen molar-refractivity contribution in [2.75, 3.05) is 7.05 Å². The van der Waals surface area contributed by atoms with Crippen LogP contribution in [-0.4, -0.2) is 41.5 Å². The lowest BCUT2D eigenvalue weighted by molar-refractivity contribution is -0.141. The number of carbonyl (C=O) groups excluding carboxylic acids is 3. The molecule has 2 aromatic carbocycles. The molecule has 7 nitrogen and oxygen atoms in total. The zero-order valence-corrected chi connectivity index (χ0v) is 22.8. The minimum Gasteiger partial charge on any atom is -0.444 e. The van der Waals surface area contributed by atoms with Gasteiger partial charge in [-0.05, 0) is 69.2 Å². The van der Waals surface area contributed by atoms with Crippen molar-refractivity contribution in [2.45, 2.75) is 79.1 Å². The first-order valence-corrected chi connectivity index (χ1v) is 12.4. The maximum absolute atomic E-state index is 13.7. The Morgan fingerprint density at radius 2 is 1.61 bits per heavy atom. The number of nitrogens with zero attached hydrogens (tertiary/aromatic N) is 1. The Labute approximate surface area is 215 Å². The van der Waals surface area contributed by atoms with Crippen molar-refractivity contribution < 1.29 is 19.1 Å². The summed E-state index contributed by atoms with van der Waals surface area (Å²) in [7, 11) is 1.61. The molecule has 0 aliphatic heterocycles. The van der Waals surface area contributed by atoms with Crippen molar-refractivity contribution in [1.29, 1.82) is 0 Å². The van der Waals surface area contributed by atoms with Gasteiger partial charge in [0.1, 0.15) is 17.7 Å². The molecule has 0 saturated carbocycles. The van der Waals surface area contributed by atoms with E-state index in [4.69, 9.17) is 4.74 Å². The molecule has 0 radical (unpaired) electrons. The summed E-state index contributed by atoms with van der Waals surface area (Å²) in [6.07, 6.45) is -0.251. The van der Waals surface area contributed by atoms with Crippen LogP contribution >= 0.6 is 0 Å². The van der Waals surface area contributed by atoms with E-state index in [0.29, 0.717) is 18.5 Å². The average Bonchev–Trinajstić information content (AvgIpc) is 2.78. The molecule has 7 heteroatoms. The number of rotatable bonds is 9. The summed E-state index contributed by atoms with van der Waals surface area (Å²) in [6.45, 7) is 13.6. The number of ether oxygens (including phenoxy) is 1. The van der Waals surface area contributed by atoms with E-state index in [2.05, 4.69) is 10.6 Å². The predicted molar refractivity (Wildman–Crippen MR) is 142 cm³/mol.